The van der Waals surface area contributed by atoms with Crippen LogP contribution in [0.3, 0.4) is 0 Å². The molecular formula is C14H21NO. The molecule has 0 saturated heterocycles. The van der Waals surface area contributed by atoms with Gasteiger partial charge in [0.1, 0.15) is 11.9 Å². The molecule has 1 aromatic rings. The van der Waals surface area contributed by atoms with Crippen LogP contribution in [0.5, 0.6) is 5.75 Å². The lowest BCUT2D eigenvalue weighted by molar-refractivity contribution is 0.211. The van der Waals surface area contributed by atoms with Gasteiger partial charge >= 0.3 is 0 Å². The Hall–Kier alpha value is -1.02. The van der Waals surface area contributed by atoms with E-state index in [4.69, 9.17) is 4.74 Å². The van der Waals surface area contributed by atoms with Gasteiger partial charge in [0.15, 0.2) is 0 Å². The highest BCUT2D eigenvalue weighted by Gasteiger charge is 2.15. The normalized spacial score (nSPS) is 18.6. The van der Waals surface area contributed by atoms with E-state index in [0.717, 1.165) is 18.3 Å². The molecule has 1 aliphatic carbocycles. The topological polar surface area (TPSA) is 21.3 Å². The van der Waals surface area contributed by atoms with Gasteiger partial charge in [-0.1, -0.05) is 31.0 Å². The fraction of sp³-hybridized carbons (Fsp3) is 0.571. The van der Waals surface area contributed by atoms with Crippen molar-refractivity contribution < 1.29 is 4.74 Å². The number of nitrogens with one attached hydrogen (secondary N) is 1. The summed E-state index contributed by atoms with van der Waals surface area (Å²) in [5.41, 5.74) is 0. The van der Waals surface area contributed by atoms with Gasteiger partial charge in [0.05, 0.1) is 0 Å². The maximum absolute atomic E-state index is 5.81. The molecule has 0 bridgehead atoms. The second kappa shape index (κ2) is 5.90. The second-order valence-corrected chi connectivity index (χ2v) is 4.63. The van der Waals surface area contributed by atoms with E-state index in [9.17, 15) is 0 Å². The molecule has 1 aromatic carbocycles. The molecule has 2 rings (SSSR count). The summed E-state index contributed by atoms with van der Waals surface area (Å²) >= 11 is 0. The molecular weight excluding hydrogens is 198 g/mol. The van der Waals surface area contributed by atoms with Crippen molar-refractivity contribution in [2.75, 3.05) is 6.54 Å². The molecule has 2 nitrogen and oxygen atoms in total. The molecule has 0 aliphatic heterocycles. The first-order chi connectivity index (χ1) is 7.84. The maximum Gasteiger partial charge on any atom is 0.119 e. The Morgan fingerprint density at radius 1 is 1.25 bits per heavy atom. The van der Waals surface area contributed by atoms with E-state index in [0.29, 0.717) is 0 Å². The van der Waals surface area contributed by atoms with Crippen LogP contribution in [0.1, 0.15) is 32.6 Å². The molecule has 1 N–H and O–H groups in total. The average molecular weight is 219 g/mol. The fourth-order valence-electron chi connectivity index (χ4n) is 2.24. The standard InChI is InChI=1S/C14H21NO/c1-12(11-15-13-7-5-6-8-13)16-14-9-3-2-4-10-14/h2-4,9-10,12-13,15H,5-8,11H2,1H3. The molecule has 0 radical (unpaired) electrons. The van der Waals surface area contributed by atoms with Crippen molar-refractivity contribution >= 4 is 0 Å². The predicted molar refractivity (Wildman–Crippen MR) is 66.8 cm³/mol. The minimum Gasteiger partial charge on any atom is -0.489 e. The molecule has 1 aliphatic rings. The number of benzene rings is 1. The minimum absolute atomic E-state index is 0.239. The van der Waals surface area contributed by atoms with Crippen molar-refractivity contribution in [2.24, 2.45) is 0 Å². The zero-order chi connectivity index (χ0) is 11.2. The summed E-state index contributed by atoms with van der Waals surface area (Å²) in [6.45, 7) is 3.06. The lowest BCUT2D eigenvalue weighted by atomic mass is 10.2. The highest BCUT2D eigenvalue weighted by atomic mass is 16.5. The lowest BCUT2D eigenvalue weighted by Crippen LogP contribution is -2.35. The smallest absolute Gasteiger partial charge is 0.119 e. The van der Waals surface area contributed by atoms with E-state index in [2.05, 4.69) is 12.2 Å². The Morgan fingerprint density at radius 3 is 2.62 bits per heavy atom. The van der Waals surface area contributed by atoms with Gasteiger partial charge in [0.25, 0.3) is 0 Å². The first-order valence-electron chi connectivity index (χ1n) is 6.29. The molecule has 1 saturated carbocycles. The molecule has 1 unspecified atom stereocenters. The average Bonchev–Trinajstić information content (AvgIpc) is 2.81. The number of para-hydroxylation sites is 1. The van der Waals surface area contributed by atoms with Gasteiger partial charge in [0.2, 0.25) is 0 Å². The second-order valence-electron chi connectivity index (χ2n) is 4.63. The van der Waals surface area contributed by atoms with Crippen LogP contribution in [0.15, 0.2) is 30.3 Å². The third-order valence-corrected chi connectivity index (χ3v) is 3.13. The van der Waals surface area contributed by atoms with Crippen LogP contribution in [0.25, 0.3) is 0 Å². The van der Waals surface area contributed by atoms with Crippen molar-refractivity contribution in [2.45, 2.75) is 44.8 Å². The van der Waals surface area contributed by atoms with Crippen LogP contribution in [0.2, 0.25) is 0 Å². The molecule has 88 valence electrons. The molecule has 1 atom stereocenters. The Bertz CT molecular complexity index is 293. The monoisotopic (exact) mass is 219 g/mol. The predicted octanol–water partition coefficient (Wildman–Crippen LogP) is 2.99. The van der Waals surface area contributed by atoms with E-state index in [-0.39, 0.29) is 6.10 Å². The van der Waals surface area contributed by atoms with Crippen molar-refractivity contribution in [3.63, 3.8) is 0 Å². The molecule has 0 spiro atoms. The number of hydrogen-bond donors (Lipinski definition) is 1. The SMILES string of the molecule is CC(CNC1CCCC1)Oc1ccccc1. The first-order valence-corrected chi connectivity index (χ1v) is 6.29. The summed E-state index contributed by atoms with van der Waals surface area (Å²) < 4.78 is 5.81. The molecule has 0 aromatic heterocycles. The Labute approximate surface area is 98.0 Å². The van der Waals surface area contributed by atoms with Gasteiger partial charge in [0, 0.05) is 12.6 Å². The van der Waals surface area contributed by atoms with Gasteiger partial charge in [-0.2, -0.15) is 0 Å². The minimum atomic E-state index is 0.239. The van der Waals surface area contributed by atoms with E-state index < -0.39 is 0 Å². The number of hydrogen-bond acceptors (Lipinski definition) is 2. The third-order valence-electron chi connectivity index (χ3n) is 3.13. The van der Waals surface area contributed by atoms with Crippen LogP contribution in [0.4, 0.5) is 0 Å². The van der Waals surface area contributed by atoms with E-state index in [1.165, 1.54) is 25.7 Å². The van der Waals surface area contributed by atoms with Gasteiger partial charge < -0.3 is 10.1 Å². The van der Waals surface area contributed by atoms with E-state index >= 15 is 0 Å². The van der Waals surface area contributed by atoms with Gasteiger partial charge in [-0.05, 0) is 31.9 Å². The third kappa shape index (κ3) is 3.53. The summed E-state index contributed by atoms with van der Waals surface area (Å²) in [6, 6.07) is 10.8. The van der Waals surface area contributed by atoms with E-state index in [1.807, 2.05) is 30.3 Å². The Balaban J connectivity index is 1.69. The Kier molecular flexibility index (Phi) is 4.23. The zero-order valence-electron chi connectivity index (χ0n) is 9.99. The summed E-state index contributed by atoms with van der Waals surface area (Å²) in [7, 11) is 0. The van der Waals surface area contributed by atoms with Crippen molar-refractivity contribution in [1.82, 2.24) is 5.32 Å². The molecule has 0 heterocycles. The molecule has 2 heteroatoms. The lowest BCUT2D eigenvalue weighted by Gasteiger charge is -2.18. The number of rotatable bonds is 5. The molecule has 1 fully saturated rings. The zero-order valence-corrected chi connectivity index (χ0v) is 9.99. The Morgan fingerprint density at radius 2 is 1.94 bits per heavy atom. The first kappa shape index (κ1) is 11.5. The van der Waals surface area contributed by atoms with Crippen LogP contribution in [-0.4, -0.2) is 18.7 Å². The highest BCUT2D eigenvalue weighted by Crippen LogP contribution is 2.17. The quantitative estimate of drug-likeness (QED) is 0.822. The summed E-state index contributed by atoms with van der Waals surface area (Å²) in [4.78, 5) is 0. The highest BCUT2D eigenvalue weighted by molar-refractivity contribution is 5.21. The molecule has 16 heavy (non-hydrogen) atoms. The van der Waals surface area contributed by atoms with Crippen molar-refractivity contribution in [3.8, 4) is 5.75 Å². The van der Waals surface area contributed by atoms with Crippen molar-refractivity contribution in [1.29, 1.82) is 0 Å². The summed E-state index contributed by atoms with van der Waals surface area (Å²) in [6.07, 6.45) is 5.66. The van der Waals surface area contributed by atoms with Gasteiger partial charge in [-0.25, -0.2) is 0 Å². The molecule has 0 amide bonds. The van der Waals surface area contributed by atoms with Crippen molar-refractivity contribution in [3.05, 3.63) is 30.3 Å². The summed E-state index contributed by atoms with van der Waals surface area (Å²) in [5.74, 6) is 0.961. The van der Waals surface area contributed by atoms with Crippen LogP contribution >= 0.6 is 0 Å². The number of ether oxygens (including phenoxy) is 1. The summed E-state index contributed by atoms with van der Waals surface area (Å²) in [5, 5.41) is 3.58. The van der Waals surface area contributed by atoms with Crippen LogP contribution in [0, 0.1) is 0 Å². The van der Waals surface area contributed by atoms with Gasteiger partial charge in [-0.15, -0.1) is 0 Å². The maximum atomic E-state index is 5.81. The largest absolute Gasteiger partial charge is 0.489 e. The van der Waals surface area contributed by atoms with E-state index in [1.54, 1.807) is 0 Å². The van der Waals surface area contributed by atoms with Crippen LogP contribution in [-0.2, 0) is 0 Å². The fourth-order valence-corrected chi connectivity index (χ4v) is 2.24. The van der Waals surface area contributed by atoms with Crippen LogP contribution < -0.4 is 10.1 Å². The van der Waals surface area contributed by atoms with Gasteiger partial charge in [-0.3, -0.25) is 0 Å².